The molecule has 0 spiro atoms. The van der Waals surface area contributed by atoms with E-state index >= 15 is 0 Å². The van der Waals surface area contributed by atoms with Crippen molar-refractivity contribution < 1.29 is 13.6 Å². The fraction of sp³-hybridized carbons (Fsp3) is 0.304. The fourth-order valence-electron chi connectivity index (χ4n) is 3.78. The highest BCUT2D eigenvalue weighted by atomic mass is 19.1. The van der Waals surface area contributed by atoms with E-state index < -0.39 is 17.5 Å². The Bertz CT molecular complexity index is 1040. The molecule has 2 aromatic carbocycles. The number of carbonyl (C=O) groups is 1. The molecular weight excluding hydrogens is 386 g/mol. The zero-order valence-electron chi connectivity index (χ0n) is 16.9. The van der Waals surface area contributed by atoms with Crippen LogP contribution in [-0.2, 0) is 13.5 Å². The van der Waals surface area contributed by atoms with Gasteiger partial charge in [-0.15, -0.1) is 0 Å². The highest BCUT2D eigenvalue weighted by Gasteiger charge is 2.20. The van der Waals surface area contributed by atoms with E-state index in [1.165, 1.54) is 48.4 Å². The first-order valence-electron chi connectivity index (χ1n) is 10.1. The molecule has 1 fully saturated rings. The first-order valence-corrected chi connectivity index (χ1v) is 10.1. The Kier molecular flexibility index (Phi) is 5.90. The molecule has 0 atom stereocenters. The molecule has 0 radical (unpaired) electrons. The van der Waals surface area contributed by atoms with Gasteiger partial charge in [-0.3, -0.25) is 9.48 Å². The molecule has 1 aromatic heterocycles. The molecular formula is C23H24F2N4O. The first kappa shape index (κ1) is 20.2. The maximum atomic E-state index is 14.2. The van der Waals surface area contributed by atoms with E-state index in [0.29, 0.717) is 5.69 Å². The number of halogens is 2. The third-order valence-corrected chi connectivity index (χ3v) is 5.39. The summed E-state index contributed by atoms with van der Waals surface area (Å²) in [5.74, 6) is -1.83. The number of anilines is 1. The lowest BCUT2D eigenvalue weighted by atomic mass is 10.1. The quantitative estimate of drug-likeness (QED) is 0.661. The average molecular weight is 410 g/mol. The number of rotatable bonds is 6. The summed E-state index contributed by atoms with van der Waals surface area (Å²) in [5.41, 5.74) is 2.35. The van der Waals surface area contributed by atoms with Crippen molar-refractivity contribution in [1.82, 2.24) is 14.7 Å². The Morgan fingerprint density at radius 1 is 1.10 bits per heavy atom. The van der Waals surface area contributed by atoms with E-state index in [-0.39, 0.29) is 16.8 Å². The summed E-state index contributed by atoms with van der Waals surface area (Å²) in [6.45, 7) is 3.40. The number of nitrogens with zero attached hydrogens (tertiary/aromatic N) is 3. The number of nitrogens with one attached hydrogen (secondary N) is 1. The van der Waals surface area contributed by atoms with E-state index in [1.807, 2.05) is 24.3 Å². The van der Waals surface area contributed by atoms with Gasteiger partial charge in [-0.1, -0.05) is 12.1 Å². The number of hydrogen-bond donors (Lipinski definition) is 1. The van der Waals surface area contributed by atoms with Crippen LogP contribution in [0.25, 0.3) is 11.3 Å². The molecule has 1 aliphatic heterocycles. The van der Waals surface area contributed by atoms with Crippen molar-refractivity contribution in [3.8, 4) is 11.3 Å². The summed E-state index contributed by atoms with van der Waals surface area (Å²) in [7, 11) is 1.65. The van der Waals surface area contributed by atoms with Crippen LogP contribution in [0.3, 0.4) is 0 Å². The van der Waals surface area contributed by atoms with Crippen LogP contribution in [0.5, 0.6) is 0 Å². The summed E-state index contributed by atoms with van der Waals surface area (Å²) < 4.78 is 28.9. The maximum absolute atomic E-state index is 14.2. The molecule has 0 bridgehead atoms. The largest absolute Gasteiger partial charge is 0.322 e. The first-order chi connectivity index (χ1) is 14.5. The summed E-state index contributed by atoms with van der Waals surface area (Å²) in [6, 6.07) is 11.0. The Labute approximate surface area is 174 Å². The third-order valence-electron chi connectivity index (χ3n) is 5.39. The van der Waals surface area contributed by atoms with Crippen molar-refractivity contribution in [3.63, 3.8) is 0 Å². The van der Waals surface area contributed by atoms with E-state index in [0.717, 1.165) is 25.1 Å². The number of hydrogen-bond acceptors (Lipinski definition) is 3. The Hall–Kier alpha value is -3.06. The van der Waals surface area contributed by atoms with Crippen LogP contribution < -0.4 is 5.32 Å². The molecule has 1 aliphatic rings. The van der Waals surface area contributed by atoms with Crippen molar-refractivity contribution in [3.05, 3.63) is 71.4 Å². The molecule has 7 heteroatoms. The molecule has 0 aliphatic carbocycles. The summed E-state index contributed by atoms with van der Waals surface area (Å²) in [4.78, 5) is 15.3. The second-order valence-electron chi connectivity index (χ2n) is 7.64. The summed E-state index contributed by atoms with van der Waals surface area (Å²) >= 11 is 0. The topological polar surface area (TPSA) is 50.2 Å². The van der Waals surface area contributed by atoms with Gasteiger partial charge in [0, 0.05) is 37.1 Å². The second-order valence-corrected chi connectivity index (χ2v) is 7.64. The monoisotopic (exact) mass is 410 g/mol. The van der Waals surface area contributed by atoms with Crippen molar-refractivity contribution >= 4 is 11.6 Å². The van der Waals surface area contributed by atoms with Crippen LogP contribution in [0.4, 0.5) is 14.5 Å². The molecule has 30 heavy (non-hydrogen) atoms. The Morgan fingerprint density at radius 2 is 1.83 bits per heavy atom. The summed E-state index contributed by atoms with van der Waals surface area (Å²) in [5, 5.41) is 7.04. The lowest BCUT2D eigenvalue weighted by Gasteiger charge is -2.14. The predicted octanol–water partition coefficient (Wildman–Crippen LogP) is 4.26. The van der Waals surface area contributed by atoms with Gasteiger partial charge in [0.05, 0.1) is 5.56 Å². The number of likely N-dealkylation sites (tertiary alicyclic amines) is 1. The van der Waals surface area contributed by atoms with E-state index in [9.17, 15) is 13.6 Å². The van der Waals surface area contributed by atoms with Crippen LogP contribution in [0.1, 0.15) is 28.8 Å². The molecule has 1 amide bonds. The third kappa shape index (κ3) is 4.57. The van der Waals surface area contributed by atoms with Gasteiger partial charge in [0.2, 0.25) is 0 Å². The molecule has 1 N–H and O–H groups in total. The maximum Gasteiger partial charge on any atom is 0.259 e. The highest BCUT2D eigenvalue weighted by Crippen LogP contribution is 2.26. The predicted molar refractivity (Wildman–Crippen MR) is 112 cm³/mol. The fourth-order valence-corrected chi connectivity index (χ4v) is 3.78. The van der Waals surface area contributed by atoms with Gasteiger partial charge in [-0.2, -0.15) is 5.10 Å². The Balaban J connectivity index is 1.46. The number of amides is 1. The van der Waals surface area contributed by atoms with Gasteiger partial charge in [-0.05, 0) is 62.2 Å². The average Bonchev–Trinajstić information content (AvgIpc) is 3.37. The van der Waals surface area contributed by atoms with Crippen LogP contribution in [-0.4, -0.2) is 40.2 Å². The number of aromatic nitrogens is 2. The van der Waals surface area contributed by atoms with Gasteiger partial charge >= 0.3 is 0 Å². The molecule has 1 saturated heterocycles. The molecule has 5 nitrogen and oxygen atoms in total. The van der Waals surface area contributed by atoms with E-state index in [2.05, 4.69) is 15.3 Å². The zero-order chi connectivity index (χ0) is 21.1. The van der Waals surface area contributed by atoms with Crippen LogP contribution in [0, 0.1) is 11.6 Å². The number of aryl methyl sites for hydroxylation is 1. The molecule has 156 valence electrons. The van der Waals surface area contributed by atoms with Crippen molar-refractivity contribution in [2.75, 3.05) is 25.0 Å². The molecule has 2 heterocycles. The zero-order valence-corrected chi connectivity index (χ0v) is 16.9. The van der Waals surface area contributed by atoms with E-state index in [1.54, 1.807) is 7.05 Å². The van der Waals surface area contributed by atoms with Gasteiger partial charge in [0.15, 0.2) is 0 Å². The van der Waals surface area contributed by atoms with Gasteiger partial charge in [-0.25, -0.2) is 8.78 Å². The lowest BCUT2D eigenvalue weighted by molar-refractivity contribution is 0.102. The number of carbonyl (C=O) groups excluding carboxylic acids is 1. The minimum absolute atomic E-state index is 0.0828. The normalized spacial score (nSPS) is 14.2. The molecule has 3 aromatic rings. The van der Waals surface area contributed by atoms with Gasteiger partial charge < -0.3 is 10.2 Å². The van der Waals surface area contributed by atoms with Crippen LogP contribution >= 0.6 is 0 Å². The molecule has 0 saturated carbocycles. The van der Waals surface area contributed by atoms with Gasteiger partial charge in [0.1, 0.15) is 17.3 Å². The highest BCUT2D eigenvalue weighted by molar-refractivity contribution is 6.08. The lowest BCUT2D eigenvalue weighted by Crippen LogP contribution is -2.21. The minimum Gasteiger partial charge on any atom is -0.322 e. The standard InChI is InChI=1S/C23H24F2N4O/c1-28-15-20(22(27-28)19-9-6-17(24)14-21(19)25)23(30)26-18-7-4-16(5-8-18)10-13-29-11-2-3-12-29/h4-9,14-15H,2-3,10-13H2,1H3,(H,26,30). The van der Waals surface area contributed by atoms with E-state index in [4.69, 9.17) is 0 Å². The SMILES string of the molecule is Cn1cc(C(=O)Nc2ccc(CCN3CCCC3)cc2)c(-c2ccc(F)cc2F)n1. The van der Waals surface area contributed by atoms with Crippen molar-refractivity contribution in [1.29, 1.82) is 0 Å². The van der Waals surface area contributed by atoms with Gasteiger partial charge in [0.25, 0.3) is 5.91 Å². The second kappa shape index (κ2) is 8.75. The number of benzene rings is 2. The summed E-state index contributed by atoms with van der Waals surface area (Å²) in [6.07, 6.45) is 5.06. The smallest absolute Gasteiger partial charge is 0.259 e. The molecule has 4 rings (SSSR count). The van der Waals surface area contributed by atoms with Crippen LogP contribution in [0.2, 0.25) is 0 Å². The van der Waals surface area contributed by atoms with Crippen LogP contribution in [0.15, 0.2) is 48.7 Å². The molecule has 0 unspecified atom stereocenters. The minimum atomic E-state index is -0.759. The van der Waals surface area contributed by atoms with Crippen molar-refractivity contribution in [2.45, 2.75) is 19.3 Å². The Morgan fingerprint density at radius 3 is 2.53 bits per heavy atom. The van der Waals surface area contributed by atoms with Crippen molar-refractivity contribution in [2.24, 2.45) is 7.05 Å².